The van der Waals surface area contributed by atoms with Crippen LogP contribution < -0.4 is 10.1 Å². The molecule has 1 N–H and O–H groups in total. The van der Waals surface area contributed by atoms with Gasteiger partial charge in [0.15, 0.2) is 5.75 Å². The molecule has 0 heterocycles. The van der Waals surface area contributed by atoms with Crippen LogP contribution in [-0.4, -0.2) is 6.04 Å². The zero-order chi connectivity index (χ0) is 13.8. The lowest BCUT2D eigenvalue weighted by molar-refractivity contribution is 0.483. The first kappa shape index (κ1) is 13.0. The minimum atomic E-state index is 0.489. The number of ether oxygens (including phenoxy) is 1. The number of rotatable bonds is 6. The maximum Gasteiger partial charge on any atom is 0.150 e. The fraction of sp³-hybridized carbons (Fsp3) is 0.333. The highest BCUT2D eigenvalue weighted by atomic mass is 16.5. The summed E-state index contributed by atoms with van der Waals surface area (Å²) < 4.78 is 5.97. The lowest BCUT2D eigenvalue weighted by Crippen LogP contribution is -2.16. The Hall–Kier alpha value is -1.96. The van der Waals surface area contributed by atoms with Gasteiger partial charge in [-0.3, -0.25) is 0 Å². The first-order chi connectivity index (χ1) is 9.81. The Morgan fingerprint density at radius 3 is 2.50 bits per heavy atom. The van der Waals surface area contributed by atoms with Crippen molar-refractivity contribution in [3.05, 3.63) is 54.6 Å². The molecule has 0 spiro atoms. The predicted octanol–water partition coefficient (Wildman–Crippen LogP) is 5.08. The van der Waals surface area contributed by atoms with Crippen molar-refractivity contribution in [1.29, 1.82) is 0 Å². The molecule has 1 atom stereocenters. The second kappa shape index (κ2) is 6.00. The van der Waals surface area contributed by atoms with Crippen molar-refractivity contribution in [2.24, 2.45) is 5.92 Å². The summed E-state index contributed by atoms with van der Waals surface area (Å²) in [5.74, 6) is 2.69. The number of para-hydroxylation sites is 3. The summed E-state index contributed by atoms with van der Waals surface area (Å²) in [4.78, 5) is 0. The van der Waals surface area contributed by atoms with E-state index < -0.39 is 0 Å². The third kappa shape index (κ3) is 3.53. The van der Waals surface area contributed by atoms with Gasteiger partial charge in [-0.25, -0.2) is 0 Å². The SMILES string of the molecule is CC(CC1CC1)Nc1ccccc1Oc1ccccc1. The van der Waals surface area contributed by atoms with Crippen molar-refractivity contribution in [2.75, 3.05) is 5.32 Å². The molecule has 0 radical (unpaired) electrons. The van der Waals surface area contributed by atoms with Crippen LogP contribution in [0.1, 0.15) is 26.2 Å². The van der Waals surface area contributed by atoms with Gasteiger partial charge in [0.25, 0.3) is 0 Å². The molecule has 104 valence electrons. The second-order valence-electron chi connectivity index (χ2n) is 5.64. The Morgan fingerprint density at radius 1 is 1.05 bits per heavy atom. The quantitative estimate of drug-likeness (QED) is 0.788. The van der Waals surface area contributed by atoms with E-state index >= 15 is 0 Å². The summed E-state index contributed by atoms with van der Waals surface area (Å²) in [7, 11) is 0. The molecule has 2 aromatic carbocycles. The average molecular weight is 267 g/mol. The Kier molecular flexibility index (Phi) is 3.91. The molecule has 1 fully saturated rings. The van der Waals surface area contributed by atoms with Gasteiger partial charge < -0.3 is 10.1 Å². The van der Waals surface area contributed by atoms with Gasteiger partial charge in [-0.05, 0) is 43.5 Å². The zero-order valence-electron chi connectivity index (χ0n) is 11.9. The summed E-state index contributed by atoms with van der Waals surface area (Å²) in [6, 6.07) is 18.6. The Morgan fingerprint density at radius 2 is 1.75 bits per heavy atom. The van der Waals surface area contributed by atoms with E-state index in [2.05, 4.69) is 18.3 Å². The van der Waals surface area contributed by atoms with Crippen LogP contribution in [0.4, 0.5) is 5.69 Å². The second-order valence-corrected chi connectivity index (χ2v) is 5.64. The van der Waals surface area contributed by atoms with Crippen molar-refractivity contribution in [2.45, 2.75) is 32.2 Å². The van der Waals surface area contributed by atoms with Crippen molar-refractivity contribution >= 4 is 5.69 Å². The van der Waals surface area contributed by atoms with E-state index in [4.69, 9.17) is 4.74 Å². The van der Waals surface area contributed by atoms with Crippen LogP contribution in [-0.2, 0) is 0 Å². The molecule has 1 aliphatic rings. The molecule has 0 aromatic heterocycles. The smallest absolute Gasteiger partial charge is 0.150 e. The highest BCUT2D eigenvalue weighted by Crippen LogP contribution is 2.35. The number of anilines is 1. The molecule has 2 heteroatoms. The van der Waals surface area contributed by atoms with E-state index in [1.165, 1.54) is 19.3 Å². The number of benzene rings is 2. The summed E-state index contributed by atoms with van der Waals surface area (Å²) >= 11 is 0. The van der Waals surface area contributed by atoms with Gasteiger partial charge in [0.2, 0.25) is 0 Å². The van der Waals surface area contributed by atoms with E-state index in [-0.39, 0.29) is 0 Å². The molecule has 0 saturated heterocycles. The largest absolute Gasteiger partial charge is 0.455 e. The Bertz CT molecular complexity index is 548. The Labute approximate surface area is 120 Å². The van der Waals surface area contributed by atoms with Crippen LogP contribution in [0.5, 0.6) is 11.5 Å². The van der Waals surface area contributed by atoms with Crippen molar-refractivity contribution in [1.82, 2.24) is 0 Å². The molecular formula is C18H21NO. The van der Waals surface area contributed by atoms with Crippen LogP contribution >= 0.6 is 0 Å². The number of hydrogen-bond donors (Lipinski definition) is 1. The molecule has 0 bridgehead atoms. The third-order valence-electron chi connectivity index (χ3n) is 3.64. The summed E-state index contributed by atoms with van der Waals surface area (Å²) in [6.07, 6.45) is 4.04. The van der Waals surface area contributed by atoms with Gasteiger partial charge >= 0.3 is 0 Å². The van der Waals surface area contributed by atoms with Crippen LogP contribution in [0.25, 0.3) is 0 Å². The topological polar surface area (TPSA) is 21.3 Å². The normalized spacial score (nSPS) is 15.7. The van der Waals surface area contributed by atoms with E-state index in [0.29, 0.717) is 6.04 Å². The summed E-state index contributed by atoms with van der Waals surface area (Å²) in [5.41, 5.74) is 1.07. The van der Waals surface area contributed by atoms with Gasteiger partial charge in [-0.2, -0.15) is 0 Å². The third-order valence-corrected chi connectivity index (χ3v) is 3.64. The van der Waals surface area contributed by atoms with Crippen molar-refractivity contribution < 1.29 is 4.74 Å². The molecule has 1 saturated carbocycles. The molecule has 20 heavy (non-hydrogen) atoms. The fourth-order valence-electron chi connectivity index (χ4n) is 2.47. The molecule has 1 unspecified atom stereocenters. The van der Waals surface area contributed by atoms with E-state index in [0.717, 1.165) is 23.1 Å². The van der Waals surface area contributed by atoms with Gasteiger partial charge in [0.1, 0.15) is 5.75 Å². The first-order valence-electron chi connectivity index (χ1n) is 7.40. The first-order valence-corrected chi connectivity index (χ1v) is 7.40. The molecule has 0 amide bonds. The fourth-order valence-corrected chi connectivity index (χ4v) is 2.47. The number of hydrogen-bond acceptors (Lipinski definition) is 2. The summed E-state index contributed by atoms with van der Waals surface area (Å²) in [6.45, 7) is 2.25. The van der Waals surface area contributed by atoms with E-state index in [9.17, 15) is 0 Å². The lowest BCUT2D eigenvalue weighted by atomic mass is 10.1. The molecule has 2 aromatic rings. The monoisotopic (exact) mass is 267 g/mol. The molecule has 1 aliphatic carbocycles. The lowest BCUT2D eigenvalue weighted by Gasteiger charge is -2.18. The van der Waals surface area contributed by atoms with Crippen LogP contribution in [0, 0.1) is 5.92 Å². The maximum absolute atomic E-state index is 5.97. The zero-order valence-corrected chi connectivity index (χ0v) is 11.9. The van der Waals surface area contributed by atoms with Crippen LogP contribution in [0.15, 0.2) is 54.6 Å². The standard InChI is InChI=1S/C18H21NO/c1-14(13-15-11-12-15)19-17-9-5-6-10-18(17)20-16-7-3-2-4-8-16/h2-10,14-15,19H,11-13H2,1H3. The van der Waals surface area contributed by atoms with Crippen LogP contribution in [0.2, 0.25) is 0 Å². The van der Waals surface area contributed by atoms with Gasteiger partial charge in [0, 0.05) is 6.04 Å². The van der Waals surface area contributed by atoms with Crippen molar-refractivity contribution in [3.63, 3.8) is 0 Å². The van der Waals surface area contributed by atoms with E-state index in [1.54, 1.807) is 0 Å². The van der Waals surface area contributed by atoms with Crippen molar-refractivity contribution in [3.8, 4) is 11.5 Å². The molecule has 0 aliphatic heterocycles. The van der Waals surface area contributed by atoms with Crippen LogP contribution in [0.3, 0.4) is 0 Å². The highest BCUT2D eigenvalue weighted by Gasteiger charge is 2.23. The Balaban J connectivity index is 1.70. The maximum atomic E-state index is 5.97. The average Bonchev–Trinajstić information content (AvgIpc) is 3.26. The van der Waals surface area contributed by atoms with Gasteiger partial charge in [0.05, 0.1) is 5.69 Å². The van der Waals surface area contributed by atoms with Gasteiger partial charge in [-0.1, -0.05) is 43.2 Å². The predicted molar refractivity (Wildman–Crippen MR) is 83.4 cm³/mol. The summed E-state index contributed by atoms with van der Waals surface area (Å²) in [5, 5.41) is 3.58. The molecule has 2 nitrogen and oxygen atoms in total. The molecular weight excluding hydrogens is 246 g/mol. The number of nitrogens with one attached hydrogen (secondary N) is 1. The minimum Gasteiger partial charge on any atom is -0.455 e. The minimum absolute atomic E-state index is 0.489. The van der Waals surface area contributed by atoms with Gasteiger partial charge in [-0.15, -0.1) is 0 Å². The highest BCUT2D eigenvalue weighted by molar-refractivity contribution is 5.57. The molecule has 3 rings (SSSR count). The van der Waals surface area contributed by atoms with E-state index in [1.807, 2.05) is 48.5 Å².